The summed E-state index contributed by atoms with van der Waals surface area (Å²) in [5, 5.41) is 10.0. The lowest BCUT2D eigenvalue weighted by Gasteiger charge is -1.95. The van der Waals surface area contributed by atoms with Gasteiger partial charge in [0, 0.05) is 21.2 Å². The molecule has 0 atom stereocenters. The fourth-order valence-corrected chi connectivity index (χ4v) is 4.03. The maximum absolute atomic E-state index is 5.95. The van der Waals surface area contributed by atoms with Crippen molar-refractivity contribution in [1.82, 2.24) is 24.7 Å². The van der Waals surface area contributed by atoms with E-state index < -0.39 is 0 Å². The van der Waals surface area contributed by atoms with Crippen molar-refractivity contribution >= 4 is 39.5 Å². The summed E-state index contributed by atoms with van der Waals surface area (Å²) >= 11 is 13.3. The van der Waals surface area contributed by atoms with E-state index in [1.165, 1.54) is 11.3 Å². The molecule has 0 aliphatic heterocycles. The van der Waals surface area contributed by atoms with Crippen molar-refractivity contribution in [2.24, 2.45) is 0 Å². The summed E-state index contributed by atoms with van der Waals surface area (Å²) in [6.07, 6.45) is 0. The number of halogens is 2. The molecule has 6 nitrogen and oxygen atoms in total. The van der Waals surface area contributed by atoms with Crippen LogP contribution in [0.4, 0.5) is 0 Å². The zero-order chi connectivity index (χ0) is 19.3. The van der Waals surface area contributed by atoms with E-state index in [2.05, 4.69) is 20.2 Å². The number of hydrogen-bond acceptors (Lipinski definition) is 6. The zero-order valence-corrected chi connectivity index (χ0v) is 16.8. The number of benzene rings is 2. The van der Waals surface area contributed by atoms with Gasteiger partial charge in [-0.05, 0) is 55.5 Å². The van der Waals surface area contributed by atoms with Gasteiger partial charge in [0.15, 0.2) is 5.82 Å². The Kier molecular flexibility index (Phi) is 4.16. The summed E-state index contributed by atoms with van der Waals surface area (Å²) in [5.41, 5.74) is 2.63. The molecular weight excluding hydrogens is 417 g/mol. The molecule has 0 saturated heterocycles. The third kappa shape index (κ3) is 2.97. The Bertz CT molecular complexity index is 1290. The van der Waals surface area contributed by atoms with Gasteiger partial charge in [0.2, 0.25) is 10.8 Å². The van der Waals surface area contributed by atoms with Crippen LogP contribution >= 0.6 is 34.5 Å². The molecular formula is C19H11Cl2N5OS. The second-order valence-electron chi connectivity index (χ2n) is 6.08. The Hall–Kier alpha value is -2.74. The topological polar surface area (TPSA) is 69.1 Å². The molecule has 9 heteroatoms. The molecule has 0 amide bonds. The van der Waals surface area contributed by atoms with E-state index in [0.29, 0.717) is 27.6 Å². The van der Waals surface area contributed by atoms with Gasteiger partial charge in [0.25, 0.3) is 5.89 Å². The van der Waals surface area contributed by atoms with E-state index in [0.717, 1.165) is 26.7 Å². The highest BCUT2D eigenvalue weighted by Crippen LogP contribution is 2.33. The van der Waals surface area contributed by atoms with Crippen LogP contribution in [-0.2, 0) is 0 Å². The highest BCUT2D eigenvalue weighted by molar-refractivity contribution is 7.20. The van der Waals surface area contributed by atoms with E-state index >= 15 is 0 Å². The quantitative estimate of drug-likeness (QED) is 0.364. The van der Waals surface area contributed by atoms with E-state index in [9.17, 15) is 0 Å². The SMILES string of the molecule is Cc1c(-c2nc(-c3ccc(Cl)cc3)no2)sc2nc(-c3ccc(Cl)cc3)nn12. The first-order chi connectivity index (χ1) is 13.6. The molecule has 2 aromatic carbocycles. The van der Waals surface area contributed by atoms with E-state index in [1.807, 2.05) is 43.3 Å². The molecule has 0 N–H and O–H groups in total. The Morgan fingerprint density at radius 1 is 0.857 bits per heavy atom. The summed E-state index contributed by atoms with van der Waals surface area (Å²) in [6, 6.07) is 14.7. The molecule has 0 bridgehead atoms. The van der Waals surface area contributed by atoms with E-state index in [4.69, 9.17) is 27.7 Å². The van der Waals surface area contributed by atoms with Crippen molar-refractivity contribution in [2.75, 3.05) is 0 Å². The average molecular weight is 428 g/mol. The van der Waals surface area contributed by atoms with Gasteiger partial charge in [-0.2, -0.15) is 9.97 Å². The normalized spacial score (nSPS) is 11.4. The van der Waals surface area contributed by atoms with Gasteiger partial charge in [-0.15, -0.1) is 5.10 Å². The fraction of sp³-hybridized carbons (Fsp3) is 0.0526. The molecule has 0 saturated carbocycles. The zero-order valence-electron chi connectivity index (χ0n) is 14.4. The first-order valence-electron chi connectivity index (χ1n) is 8.30. The lowest BCUT2D eigenvalue weighted by molar-refractivity contribution is 0.433. The van der Waals surface area contributed by atoms with Crippen LogP contribution in [0.5, 0.6) is 0 Å². The average Bonchev–Trinajstić information content (AvgIpc) is 3.39. The predicted octanol–water partition coefficient (Wildman–Crippen LogP) is 5.79. The number of aryl methyl sites for hydroxylation is 1. The van der Waals surface area contributed by atoms with Crippen LogP contribution in [-0.4, -0.2) is 24.7 Å². The van der Waals surface area contributed by atoms with Gasteiger partial charge in [-0.25, -0.2) is 4.52 Å². The van der Waals surface area contributed by atoms with Crippen LogP contribution in [0.3, 0.4) is 0 Å². The number of nitrogens with zero attached hydrogens (tertiary/aromatic N) is 5. The molecule has 0 aliphatic rings. The number of fused-ring (bicyclic) bond motifs is 1. The molecule has 0 aliphatic carbocycles. The van der Waals surface area contributed by atoms with Crippen molar-refractivity contribution in [1.29, 1.82) is 0 Å². The van der Waals surface area contributed by atoms with Gasteiger partial charge in [-0.3, -0.25) is 0 Å². The van der Waals surface area contributed by atoms with Gasteiger partial charge in [0.1, 0.15) is 4.88 Å². The first-order valence-corrected chi connectivity index (χ1v) is 9.88. The number of hydrogen-bond donors (Lipinski definition) is 0. The second kappa shape index (κ2) is 6.70. The summed E-state index contributed by atoms with van der Waals surface area (Å²) in [5.74, 6) is 1.59. The fourth-order valence-electron chi connectivity index (χ4n) is 2.80. The minimum absolute atomic E-state index is 0.438. The summed E-state index contributed by atoms with van der Waals surface area (Å²) in [7, 11) is 0. The Morgan fingerprint density at radius 3 is 2.07 bits per heavy atom. The van der Waals surface area contributed by atoms with E-state index in [1.54, 1.807) is 16.6 Å². The molecule has 5 aromatic rings. The van der Waals surface area contributed by atoms with Gasteiger partial charge < -0.3 is 4.52 Å². The third-order valence-electron chi connectivity index (χ3n) is 4.24. The Morgan fingerprint density at radius 2 is 1.46 bits per heavy atom. The number of rotatable bonds is 3. The molecule has 0 fully saturated rings. The van der Waals surface area contributed by atoms with Crippen molar-refractivity contribution < 1.29 is 4.52 Å². The van der Waals surface area contributed by atoms with Gasteiger partial charge in [-0.1, -0.05) is 39.7 Å². The number of thiazole rings is 1. The Balaban J connectivity index is 1.52. The Labute approximate surface area is 173 Å². The van der Waals surface area contributed by atoms with Gasteiger partial charge >= 0.3 is 0 Å². The largest absolute Gasteiger partial charge is 0.333 e. The minimum Gasteiger partial charge on any atom is -0.333 e. The van der Waals surface area contributed by atoms with Crippen molar-refractivity contribution in [2.45, 2.75) is 6.92 Å². The molecule has 3 aromatic heterocycles. The van der Waals surface area contributed by atoms with Gasteiger partial charge in [0.05, 0.1) is 5.69 Å². The van der Waals surface area contributed by atoms with Crippen LogP contribution < -0.4 is 0 Å². The van der Waals surface area contributed by atoms with Crippen LogP contribution in [0.25, 0.3) is 38.5 Å². The summed E-state index contributed by atoms with van der Waals surface area (Å²) < 4.78 is 7.26. The smallest absolute Gasteiger partial charge is 0.270 e. The van der Waals surface area contributed by atoms with Crippen LogP contribution in [0, 0.1) is 6.92 Å². The number of aromatic nitrogens is 5. The molecule has 0 radical (unpaired) electrons. The maximum atomic E-state index is 5.95. The first kappa shape index (κ1) is 17.4. The lowest BCUT2D eigenvalue weighted by Crippen LogP contribution is -1.89. The molecule has 0 unspecified atom stereocenters. The van der Waals surface area contributed by atoms with Crippen molar-refractivity contribution in [3.05, 3.63) is 64.3 Å². The molecule has 138 valence electrons. The predicted molar refractivity (Wildman–Crippen MR) is 110 cm³/mol. The van der Waals surface area contributed by atoms with Crippen molar-refractivity contribution in [3.8, 4) is 33.5 Å². The van der Waals surface area contributed by atoms with Crippen molar-refractivity contribution in [3.63, 3.8) is 0 Å². The lowest BCUT2D eigenvalue weighted by atomic mass is 10.2. The van der Waals surface area contributed by atoms with Crippen LogP contribution in [0.1, 0.15) is 5.69 Å². The third-order valence-corrected chi connectivity index (χ3v) is 5.87. The highest BCUT2D eigenvalue weighted by atomic mass is 35.5. The minimum atomic E-state index is 0.438. The molecule has 0 spiro atoms. The summed E-state index contributed by atoms with van der Waals surface area (Å²) in [6.45, 7) is 1.95. The van der Waals surface area contributed by atoms with E-state index in [-0.39, 0.29) is 0 Å². The molecule has 5 rings (SSSR count). The monoisotopic (exact) mass is 427 g/mol. The molecule has 28 heavy (non-hydrogen) atoms. The highest BCUT2D eigenvalue weighted by Gasteiger charge is 2.20. The summed E-state index contributed by atoms with van der Waals surface area (Å²) in [4.78, 5) is 10.7. The van der Waals surface area contributed by atoms with Crippen LogP contribution in [0.2, 0.25) is 10.0 Å². The standard InChI is InChI=1S/C19H11Cl2N5OS/c1-10-15(18-22-17(25-27-18)12-4-8-14(21)9-5-12)28-19-23-16(24-26(10)19)11-2-6-13(20)7-3-11/h2-9H,1H3. The second-order valence-corrected chi connectivity index (χ2v) is 7.93. The maximum Gasteiger partial charge on any atom is 0.270 e. The molecule has 3 heterocycles. The van der Waals surface area contributed by atoms with Crippen LogP contribution in [0.15, 0.2) is 53.1 Å².